The van der Waals surface area contributed by atoms with E-state index in [-0.39, 0.29) is 12.0 Å². The highest BCUT2D eigenvalue weighted by Crippen LogP contribution is 2.43. The zero-order chi connectivity index (χ0) is 25.5. The second-order valence-electron chi connectivity index (χ2n) is 11.5. The summed E-state index contributed by atoms with van der Waals surface area (Å²) in [6.07, 6.45) is 2.83. The molecule has 5 rings (SSSR count). The lowest BCUT2D eigenvalue weighted by molar-refractivity contribution is -0.144. The van der Waals surface area contributed by atoms with Crippen LogP contribution in [0.5, 0.6) is 5.75 Å². The number of alkyl halides is 3. The van der Waals surface area contributed by atoms with Gasteiger partial charge in [0.2, 0.25) is 5.91 Å². The first-order chi connectivity index (χ1) is 17.1. The number of hydrogen-bond acceptors (Lipinski definition) is 4. The van der Waals surface area contributed by atoms with Crippen molar-refractivity contribution >= 4 is 22.5 Å². The van der Waals surface area contributed by atoms with Gasteiger partial charge in [0.15, 0.2) is 0 Å². The summed E-state index contributed by atoms with van der Waals surface area (Å²) in [6.45, 7) is 2.84. The summed E-state index contributed by atoms with van der Waals surface area (Å²) < 4.78 is 44.1. The topological polar surface area (TPSA) is 77.6 Å². The zero-order valence-corrected chi connectivity index (χ0v) is 20.7. The summed E-state index contributed by atoms with van der Waals surface area (Å²) in [6, 6.07) is 5.79. The number of likely N-dealkylation sites (tertiary alicyclic amines) is 1. The number of aromatic amines is 1. The summed E-state index contributed by atoms with van der Waals surface area (Å²) in [5, 5.41) is 13.8. The lowest BCUT2D eigenvalue weighted by atomic mass is 9.74. The van der Waals surface area contributed by atoms with Crippen molar-refractivity contribution < 1.29 is 27.8 Å². The Balaban J connectivity index is 1.12. The van der Waals surface area contributed by atoms with Gasteiger partial charge in [0.1, 0.15) is 5.75 Å². The van der Waals surface area contributed by atoms with Gasteiger partial charge in [0, 0.05) is 35.6 Å². The Labute approximate surface area is 209 Å². The van der Waals surface area contributed by atoms with Crippen molar-refractivity contribution in [2.24, 2.45) is 23.2 Å². The molecule has 1 aromatic heterocycles. The third-order valence-corrected chi connectivity index (χ3v) is 8.63. The molecule has 1 aromatic carbocycles. The van der Waals surface area contributed by atoms with Gasteiger partial charge in [0.05, 0.1) is 24.9 Å². The third kappa shape index (κ3) is 5.67. The predicted octanol–water partition coefficient (Wildman–Crippen LogP) is 5.34. The van der Waals surface area contributed by atoms with Gasteiger partial charge in [0.25, 0.3) is 0 Å². The van der Waals surface area contributed by atoms with E-state index in [1.165, 1.54) is 0 Å². The molecule has 0 spiro atoms. The molecule has 2 aliphatic carbocycles. The van der Waals surface area contributed by atoms with Crippen LogP contribution in [0.3, 0.4) is 0 Å². The molecule has 2 aromatic rings. The Hall–Kier alpha value is -2.26. The predicted molar refractivity (Wildman–Crippen MR) is 132 cm³/mol. The Morgan fingerprint density at radius 3 is 2.58 bits per heavy atom. The van der Waals surface area contributed by atoms with Gasteiger partial charge in [-0.3, -0.25) is 9.69 Å². The van der Waals surface area contributed by atoms with E-state index in [1.807, 2.05) is 25.1 Å². The van der Waals surface area contributed by atoms with Gasteiger partial charge in [-0.05, 0) is 80.9 Å². The fourth-order valence-electron chi connectivity index (χ4n) is 6.52. The Kier molecular flexibility index (Phi) is 6.98. The molecule has 3 N–H and O–H groups in total. The first kappa shape index (κ1) is 25.4. The molecule has 1 amide bonds. The van der Waals surface area contributed by atoms with Gasteiger partial charge >= 0.3 is 6.18 Å². The molecule has 2 saturated carbocycles. The van der Waals surface area contributed by atoms with E-state index >= 15 is 0 Å². The number of carbonyl (C=O) groups is 1. The molecule has 0 bridgehead atoms. The molecule has 3 aliphatic rings. The van der Waals surface area contributed by atoms with Crippen molar-refractivity contribution in [3.05, 3.63) is 24.4 Å². The van der Waals surface area contributed by atoms with E-state index in [0.717, 1.165) is 41.6 Å². The highest BCUT2D eigenvalue weighted by Gasteiger charge is 2.43. The molecule has 9 heteroatoms. The minimum Gasteiger partial charge on any atom is -0.494 e. The normalized spacial score (nSPS) is 31.0. The Morgan fingerprint density at radius 1 is 1.22 bits per heavy atom. The number of nitrogens with one attached hydrogen (secondary N) is 2. The van der Waals surface area contributed by atoms with Crippen molar-refractivity contribution in [2.75, 3.05) is 31.6 Å². The summed E-state index contributed by atoms with van der Waals surface area (Å²) in [7, 11) is 0. The van der Waals surface area contributed by atoms with Crippen LogP contribution in [0.4, 0.5) is 18.9 Å². The molecule has 3 fully saturated rings. The van der Waals surface area contributed by atoms with E-state index < -0.39 is 18.1 Å². The molecule has 0 radical (unpaired) electrons. The summed E-state index contributed by atoms with van der Waals surface area (Å²) in [4.78, 5) is 17.8. The first-order valence-corrected chi connectivity index (χ1v) is 13.1. The van der Waals surface area contributed by atoms with Crippen LogP contribution in [-0.2, 0) is 4.79 Å². The van der Waals surface area contributed by atoms with Crippen molar-refractivity contribution in [1.82, 2.24) is 9.88 Å². The van der Waals surface area contributed by atoms with Crippen LogP contribution in [-0.4, -0.2) is 59.4 Å². The number of carbonyl (C=O) groups excluding carboxylic acids is 1. The number of nitrogens with zero attached hydrogens (tertiary/aromatic N) is 1. The van der Waals surface area contributed by atoms with E-state index in [0.29, 0.717) is 63.1 Å². The lowest BCUT2D eigenvalue weighted by Gasteiger charge is -2.34. The molecule has 1 aliphatic heterocycles. The molecule has 1 saturated heterocycles. The highest BCUT2D eigenvalue weighted by molar-refractivity contribution is 6.03. The number of amides is 1. The maximum Gasteiger partial charge on any atom is 0.401 e. The van der Waals surface area contributed by atoms with Gasteiger partial charge in [-0.2, -0.15) is 13.2 Å². The van der Waals surface area contributed by atoms with Crippen LogP contribution in [0, 0.1) is 23.2 Å². The number of ether oxygens (including phenoxy) is 1. The van der Waals surface area contributed by atoms with Gasteiger partial charge < -0.3 is 20.1 Å². The minimum atomic E-state index is -4.12. The maximum atomic E-state index is 13.0. The van der Waals surface area contributed by atoms with Gasteiger partial charge in [-0.25, -0.2) is 0 Å². The molecular weight excluding hydrogens is 471 g/mol. The quantitative estimate of drug-likeness (QED) is 0.473. The molecule has 36 heavy (non-hydrogen) atoms. The number of anilines is 1. The van der Waals surface area contributed by atoms with Crippen LogP contribution < -0.4 is 10.1 Å². The van der Waals surface area contributed by atoms with Gasteiger partial charge in [-0.15, -0.1) is 0 Å². The lowest BCUT2D eigenvalue weighted by Crippen LogP contribution is -2.38. The van der Waals surface area contributed by atoms with Crippen LogP contribution in [0.1, 0.15) is 51.9 Å². The van der Waals surface area contributed by atoms with Crippen molar-refractivity contribution in [1.29, 1.82) is 0 Å². The maximum absolute atomic E-state index is 13.0. The molecule has 2 heterocycles. The van der Waals surface area contributed by atoms with Crippen molar-refractivity contribution in [2.45, 2.75) is 64.1 Å². The number of aliphatic hydroxyl groups excluding tert-OH is 1. The summed E-state index contributed by atoms with van der Waals surface area (Å²) >= 11 is 0. The summed E-state index contributed by atoms with van der Waals surface area (Å²) in [5.41, 5.74) is 1.15. The fourth-order valence-corrected chi connectivity index (χ4v) is 6.52. The largest absolute Gasteiger partial charge is 0.494 e. The summed E-state index contributed by atoms with van der Waals surface area (Å²) in [5.74, 6) is 1.94. The van der Waals surface area contributed by atoms with E-state index in [1.54, 1.807) is 11.1 Å². The number of H-pyrrole nitrogens is 1. The van der Waals surface area contributed by atoms with Gasteiger partial charge in [-0.1, -0.05) is 6.92 Å². The molecule has 198 valence electrons. The molecular formula is C27H36F3N3O3. The highest BCUT2D eigenvalue weighted by atomic mass is 19.4. The van der Waals surface area contributed by atoms with Crippen LogP contribution in [0.25, 0.3) is 10.9 Å². The minimum absolute atomic E-state index is 0.0257. The smallest absolute Gasteiger partial charge is 0.401 e. The fraction of sp³-hybridized carbons (Fsp3) is 0.667. The number of halogens is 3. The van der Waals surface area contributed by atoms with E-state index in [2.05, 4.69) is 10.3 Å². The Morgan fingerprint density at radius 2 is 1.92 bits per heavy atom. The number of hydrogen-bond donors (Lipinski definition) is 3. The van der Waals surface area contributed by atoms with Crippen LogP contribution in [0.2, 0.25) is 0 Å². The van der Waals surface area contributed by atoms with Crippen molar-refractivity contribution in [3.63, 3.8) is 0 Å². The zero-order valence-electron chi connectivity index (χ0n) is 20.7. The first-order valence-electron chi connectivity index (χ1n) is 13.1. The monoisotopic (exact) mass is 507 g/mol. The number of aromatic nitrogens is 1. The van der Waals surface area contributed by atoms with Crippen LogP contribution >= 0.6 is 0 Å². The number of fused-ring (bicyclic) bond motifs is 2. The number of benzene rings is 1. The van der Waals surface area contributed by atoms with E-state index in [4.69, 9.17) is 4.74 Å². The number of aliphatic hydroxyl groups is 1. The standard InChI is InChI=1S/C27H36F3N3O3/c1-26(7-4-20(34)5-8-26)25(35)32-24-13-31-23-3-2-21(12-22(23)24)36-9-6-17-10-18-14-33(15-19(18)11-17)16-27(28,29)30/h2-3,12-13,17-20,31,34H,4-11,14-16H2,1H3,(H,32,35)/t17-,18-,19+,20-,26-. The average molecular weight is 508 g/mol. The average Bonchev–Trinajstić information content (AvgIpc) is 3.48. The third-order valence-electron chi connectivity index (χ3n) is 8.63. The van der Waals surface area contributed by atoms with Crippen LogP contribution in [0.15, 0.2) is 24.4 Å². The number of rotatable bonds is 7. The molecule has 3 atom stereocenters. The molecule has 6 nitrogen and oxygen atoms in total. The second-order valence-corrected chi connectivity index (χ2v) is 11.5. The molecule has 0 unspecified atom stereocenters. The SMILES string of the molecule is C[C@]1(C(=O)Nc2c[nH]c3ccc(OCC[C@@H]4C[C@@H]5CN(CC(F)(F)F)C[C@@H]5C4)cc23)CC[C@H](O)CC1. The second kappa shape index (κ2) is 9.89. The van der Waals surface area contributed by atoms with Crippen molar-refractivity contribution in [3.8, 4) is 5.75 Å². The Bertz CT molecular complexity index is 1060. The van der Waals surface area contributed by atoms with E-state index in [9.17, 15) is 23.1 Å².